The van der Waals surface area contributed by atoms with Crippen molar-refractivity contribution in [3.63, 3.8) is 0 Å². The molecule has 1 aliphatic heterocycles. The molecule has 0 radical (unpaired) electrons. The first-order chi connectivity index (χ1) is 7.35. The highest BCUT2D eigenvalue weighted by Gasteiger charge is 2.21. The second-order valence-corrected chi connectivity index (χ2v) is 3.32. The third-order valence-electron chi connectivity index (χ3n) is 2.37. The molecule has 1 aliphatic rings. The lowest BCUT2D eigenvalue weighted by molar-refractivity contribution is 0.120. The van der Waals surface area contributed by atoms with Crippen LogP contribution in [0.25, 0.3) is 0 Å². The third-order valence-corrected chi connectivity index (χ3v) is 2.37. The van der Waals surface area contributed by atoms with E-state index < -0.39 is 0 Å². The Labute approximate surface area is 89.0 Å². The molecule has 3 nitrogen and oxygen atoms in total. The molecular formula is C12H13NO2. The van der Waals surface area contributed by atoms with Crippen LogP contribution in [-0.4, -0.2) is 18.9 Å². The Morgan fingerprint density at radius 1 is 1.53 bits per heavy atom. The van der Waals surface area contributed by atoms with Crippen molar-refractivity contribution in [1.82, 2.24) is 0 Å². The zero-order chi connectivity index (χ0) is 10.7. The number of nitrogens with zero attached hydrogens (tertiary/aromatic N) is 1. The van der Waals surface area contributed by atoms with Crippen LogP contribution in [0.3, 0.4) is 0 Å². The zero-order valence-electron chi connectivity index (χ0n) is 8.64. The molecule has 1 aromatic rings. The van der Waals surface area contributed by atoms with Crippen molar-refractivity contribution in [3.05, 3.63) is 42.5 Å². The minimum atomic E-state index is -0.00934. The van der Waals surface area contributed by atoms with Crippen molar-refractivity contribution >= 4 is 5.71 Å². The largest absolute Gasteiger partial charge is 0.496 e. The molecule has 0 saturated carbocycles. The first-order valence-electron chi connectivity index (χ1n) is 4.83. The molecule has 0 bridgehead atoms. The Hall–Kier alpha value is -1.77. The number of hydrogen-bond acceptors (Lipinski definition) is 3. The normalized spacial score (nSPS) is 19.3. The van der Waals surface area contributed by atoms with Gasteiger partial charge in [-0.05, 0) is 18.2 Å². The first-order valence-corrected chi connectivity index (χ1v) is 4.83. The molecule has 78 valence electrons. The molecule has 0 N–H and O–H groups in total. The van der Waals surface area contributed by atoms with Crippen LogP contribution < -0.4 is 4.74 Å². The van der Waals surface area contributed by atoms with Gasteiger partial charge in [-0.15, -0.1) is 0 Å². The molecule has 1 unspecified atom stereocenters. The molecule has 1 heterocycles. The Bertz CT molecular complexity index is 398. The Morgan fingerprint density at radius 2 is 2.33 bits per heavy atom. The second-order valence-electron chi connectivity index (χ2n) is 3.32. The van der Waals surface area contributed by atoms with Crippen molar-refractivity contribution < 1.29 is 9.57 Å². The van der Waals surface area contributed by atoms with E-state index in [-0.39, 0.29) is 6.10 Å². The van der Waals surface area contributed by atoms with E-state index in [1.807, 2.05) is 24.3 Å². The van der Waals surface area contributed by atoms with Crippen LogP contribution in [-0.2, 0) is 4.84 Å². The fourth-order valence-corrected chi connectivity index (χ4v) is 1.56. The quantitative estimate of drug-likeness (QED) is 0.706. The van der Waals surface area contributed by atoms with Gasteiger partial charge >= 0.3 is 0 Å². The van der Waals surface area contributed by atoms with Crippen LogP contribution in [0.4, 0.5) is 0 Å². The predicted octanol–water partition coefficient (Wildman–Crippen LogP) is 2.37. The van der Waals surface area contributed by atoms with Gasteiger partial charge in [0.1, 0.15) is 5.75 Å². The standard InChI is InChI=1S/C12H13NO2/c1-3-9-8-11(13-15-9)10-6-4-5-7-12(10)14-2/h3-7,9H,1,8H2,2H3. The summed E-state index contributed by atoms with van der Waals surface area (Å²) in [7, 11) is 1.65. The summed E-state index contributed by atoms with van der Waals surface area (Å²) in [6.45, 7) is 3.68. The summed E-state index contributed by atoms with van der Waals surface area (Å²) in [6, 6.07) is 7.79. The number of methoxy groups -OCH3 is 1. The van der Waals surface area contributed by atoms with Gasteiger partial charge in [-0.3, -0.25) is 0 Å². The molecule has 0 fully saturated rings. The summed E-state index contributed by atoms with van der Waals surface area (Å²) in [5.41, 5.74) is 1.90. The molecule has 1 atom stereocenters. The lowest BCUT2D eigenvalue weighted by Crippen LogP contribution is -2.05. The zero-order valence-corrected chi connectivity index (χ0v) is 8.64. The number of oxime groups is 1. The van der Waals surface area contributed by atoms with Crippen molar-refractivity contribution in [2.45, 2.75) is 12.5 Å². The number of benzene rings is 1. The molecule has 15 heavy (non-hydrogen) atoms. The van der Waals surface area contributed by atoms with Crippen LogP contribution in [0.15, 0.2) is 42.1 Å². The summed E-state index contributed by atoms with van der Waals surface area (Å²) >= 11 is 0. The lowest BCUT2D eigenvalue weighted by Gasteiger charge is -2.06. The van der Waals surface area contributed by atoms with Crippen LogP contribution in [0.1, 0.15) is 12.0 Å². The summed E-state index contributed by atoms with van der Waals surface area (Å²) < 4.78 is 5.26. The lowest BCUT2D eigenvalue weighted by atomic mass is 10.0. The van der Waals surface area contributed by atoms with E-state index in [4.69, 9.17) is 9.57 Å². The van der Waals surface area contributed by atoms with Gasteiger partial charge in [-0.1, -0.05) is 23.9 Å². The van der Waals surface area contributed by atoms with Gasteiger partial charge in [0.05, 0.1) is 12.8 Å². The Balaban J connectivity index is 2.27. The van der Waals surface area contributed by atoms with Gasteiger partial charge in [0.15, 0.2) is 6.10 Å². The van der Waals surface area contributed by atoms with Gasteiger partial charge in [-0.25, -0.2) is 0 Å². The van der Waals surface area contributed by atoms with E-state index in [1.165, 1.54) is 0 Å². The summed E-state index contributed by atoms with van der Waals surface area (Å²) in [5.74, 6) is 0.824. The van der Waals surface area contributed by atoms with E-state index >= 15 is 0 Å². The van der Waals surface area contributed by atoms with Crippen LogP contribution in [0.5, 0.6) is 5.75 Å². The third kappa shape index (κ3) is 1.86. The summed E-state index contributed by atoms with van der Waals surface area (Å²) in [5, 5.41) is 4.03. The van der Waals surface area contributed by atoms with E-state index in [0.29, 0.717) is 0 Å². The SMILES string of the molecule is C=CC1CC(c2ccccc2OC)=NO1. The van der Waals surface area contributed by atoms with Gasteiger partial charge in [0.25, 0.3) is 0 Å². The number of para-hydroxylation sites is 1. The average molecular weight is 203 g/mol. The second kappa shape index (κ2) is 4.17. The van der Waals surface area contributed by atoms with Gasteiger partial charge in [0.2, 0.25) is 0 Å². The van der Waals surface area contributed by atoms with E-state index in [2.05, 4.69) is 11.7 Å². The molecule has 3 heteroatoms. The molecule has 0 amide bonds. The molecule has 0 aliphatic carbocycles. The molecule has 2 rings (SSSR count). The molecule has 0 saturated heterocycles. The highest BCUT2D eigenvalue weighted by Crippen LogP contribution is 2.24. The van der Waals surface area contributed by atoms with E-state index in [9.17, 15) is 0 Å². The monoisotopic (exact) mass is 203 g/mol. The minimum absolute atomic E-state index is 0.00934. The first kappa shape index (κ1) is 9.77. The fraction of sp³-hybridized carbons (Fsp3) is 0.250. The van der Waals surface area contributed by atoms with Gasteiger partial charge in [-0.2, -0.15) is 0 Å². The maximum atomic E-state index is 5.26. The van der Waals surface area contributed by atoms with Crippen molar-refractivity contribution in [3.8, 4) is 5.75 Å². The summed E-state index contributed by atoms with van der Waals surface area (Å²) in [4.78, 5) is 5.18. The summed E-state index contributed by atoms with van der Waals surface area (Å²) in [6.07, 6.45) is 2.50. The Kier molecular flexibility index (Phi) is 2.72. The topological polar surface area (TPSA) is 30.8 Å². The van der Waals surface area contributed by atoms with Crippen LogP contribution in [0.2, 0.25) is 0 Å². The molecule has 1 aromatic carbocycles. The van der Waals surface area contributed by atoms with E-state index in [1.54, 1.807) is 13.2 Å². The number of ether oxygens (including phenoxy) is 1. The smallest absolute Gasteiger partial charge is 0.151 e. The number of hydrogen-bond donors (Lipinski definition) is 0. The van der Waals surface area contributed by atoms with Crippen LogP contribution in [0, 0.1) is 0 Å². The predicted molar refractivity (Wildman–Crippen MR) is 59.2 cm³/mol. The molecular weight excluding hydrogens is 190 g/mol. The van der Waals surface area contributed by atoms with Crippen molar-refractivity contribution in [2.75, 3.05) is 7.11 Å². The van der Waals surface area contributed by atoms with E-state index in [0.717, 1.165) is 23.4 Å². The number of rotatable bonds is 3. The highest BCUT2D eigenvalue weighted by molar-refractivity contribution is 6.03. The fourth-order valence-electron chi connectivity index (χ4n) is 1.56. The molecule has 0 spiro atoms. The van der Waals surface area contributed by atoms with Gasteiger partial charge in [0, 0.05) is 12.0 Å². The average Bonchev–Trinajstić information content (AvgIpc) is 2.77. The highest BCUT2D eigenvalue weighted by atomic mass is 16.6. The molecule has 0 aromatic heterocycles. The Morgan fingerprint density at radius 3 is 3.00 bits per heavy atom. The maximum Gasteiger partial charge on any atom is 0.151 e. The minimum Gasteiger partial charge on any atom is -0.496 e. The van der Waals surface area contributed by atoms with Crippen molar-refractivity contribution in [2.24, 2.45) is 5.16 Å². The van der Waals surface area contributed by atoms with Crippen molar-refractivity contribution in [1.29, 1.82) is 0 Å². The van der Waals surface area contributed by atoms with Gasteiger partial charge < -0.3 is 9.57 Å². The maximum absolute atomic E-state index is 5.26. The van der Waals surface area contributed by atoms with Crippen LogP contribution >= 0.6 is 0 Å².